The van der Waals surface area contributed by atoms with Crippen molar-refractivity contribution in [2.75, 3.05) is 40.3 Å². The largest absolute Gasteiger partial charge is 0.350 e. The van der Waals surface area contributed by atoms with Crippen LogP contribution in [0.3, 0.4) is 0 Å². The standard InChI is InChI=1S/C14H20FN3O/c1-17-7-8-18(2)13(10-17)9-16-14(19)11-3-5-12(15)6-4-11/h3-6,13H,7-10H2,1-2H3,(H,16,19). The Morgan fingerprint density at radius 3 is 2.68 bits per heavy atom. The molecule has 1 amide bonds. The van der Waals surface area contributed by atoms with E-state index in [-0.39, 0.29) is 11.7 Å². The Morgan fingerprint density at radius 1 is 1.32 bits per heavy atom. The lowest BCUT2D eigenvalue weighted by atomic mass is 10.1. The van der Waals surface area contributed by atoms with Crippen molar-refractivity contribution in [2.24, 2.45) is 0 Å². The Balaban J connectivity index is 1.87. The van der Waals surface area contributed by atoms with Crippen LogP contribution in [0.5, 0.6) is 0 Å². The van der Waals surface area contributed by atoms with Gasteiger partial charge in [-0.2, -0.15) is 0 Å². The second kappa shape index (κ2) is 6.12. The van der Waals surface area contributed by atoms with Crippen molar-refractivity contribution < 1.29 is 9.18 Å². The van der Waals surface area contributed by atoms with Crippen LogP contribution in [0.2, 0.25) is 0 Å². The first-order valence-corrected chi connectivity index (χ1v) is 6.49. The predicted octanol–water partition coefficient (Wildman–Crippen LogP) is 0.801. The first-order valence-electron chi connectivity index (χ1n) is 6.49. The van der Waals surface area contributed by atoms with Crippen molar-refractivity contribution in [3.05, 3.63) is 35.6 Å². The van der Waals surface area contributed by atoms with E-state index in [1.165, 1.54) is 24.3 Å². The van der Waals surface area contributed by atoms with Crippen molar-refractivity contribution >= 4 is 5.91 Å². The zero-order valence-electron chi connectivity index (χ0n) is 11.4. The summed E-state index contributed by atoms with van der Waals surface area (Å²) in [5, 5.41) is 2.91. The summed E-state index contributed by atoms with van der Waals surface area (Å²) >= 11 is 0. The molecule has 0 aromatic heterocycles. The van der Waals surface area contributed by atoms with Gasteiger partial charge in [0.2, 0.25) is 0 Å². The lowest BCUT2D eigenvalue weighted by Gasteiger charge is -2.37. The van der Waals surface area contributed by atoms with Crippen LogP contribution >= 0.6 is 0 Å². The molecule has 1 saturated heterocycles. The van der Waals surface area contributed by atoms with E-state index in [4.69, 9.17) is 0 Å². The van der Waals surface area contributed by atoms with Crippen LogP contribution in [0.4, 0.5) is 4.39 Å². The highest BCUT2D eigenvalue weighted by molar-refractivity contribution is 5.94. The van der Waals surface area contributed by atoms with Gasteiger partial charge in [0.1, 0.15) is 5.82 Å². The topological polar surface area (TPSA) is 35.6 Å². The summed E-state index contributed by atoms with van der Waals surface area (Å²) in [5.41, 5.74) is 0.494. The molecule has 1 aliphatic rings. The smallest absolute Gasteiger partial charge is 0.251 e. The molecule has 19 heavy (non-hydrogen) atoms. The molecule has 1 fully saturated rings. The first-order chi connectivity index (χ1) is 9.06. The quantitative estimate of drug-likeness (QED) is 0.878. The lowest BCUT2D eigenvalue weighted by molar-refractivity contribution is 0.0881. The summed E-state index contributed by atoms with van der Waals surface area (Å²) in [6.45, 7) is 3.61. The van der Waals surface area contributed by atoms with Crippen molar-refractivity contribution in [1.29, 1.82) is 0 Å². The monoisotopic (exact) mass is 265 g/mol. The van der Waals surface area contributed by atoms with Crippen LogP contribution in [-0.2, 0) is 0 Å². The highest BCUT2D eigenvalue weighted by atomic mass is 19.1. The summed E-state index contributed by atoms with van der Waals surface area (Å²) in [7, 11) is 4.16. The second-order valence-corrected chi connectivity index (χ2v) is 5.11. The predicted molar refractivity (Wildman–Crippen MR) is 72.6 cm³/mol. The van der Waals surface area contributed by atoms with Gasteiger partial charge in [0.25, 0.3) is 5.91 Å². The van der Waals surface area contributed by atoms with Crippen LogP contribution in [0.15, 0.2) is 24.3 Å². The molecule has 1 aromatic carbocycles. The Hall–Kier alpha value is -1.46. The van der Waals surface area contributed by atoms with Crippen LogP contribution in [0.1, 0.15) is 10.4 Å². The zero-order valence-corrected chi connectivity index (χ0v) is 11.4. The van der Waals surface area contributed by atoms with Crippen LogP contribution in [0, 0.1) is 5.82 Å². The average Bonchev–Trinajstić information content (AvgIpc) is 2.40. The molecule has 0 bridgehead atoms. The highest BCUT2D eigenvalue weighted by Gasteiger charge is 2.22. The number of hydrogen-bond donors (Lipinski definition) is 1. The number of likely N-dealkylation sites (N-methyl/N-ethyl adjacent to an activating group) is 2. The number of carbonyl (C=O) groups excluding carboxylic acids is 1. The highest BCUT2D eigenvalue weighted by Crippen LogP contribution is 2.06. The van der Waals surface area contributed by atoms with Crippen molar-refractivity contribution in [1.82, 2.24) is 15.1 Å². The third-order valence-electron chi connectivity index (χ3n) is 3.58. The molecule has 0 aliphatic carbocycles. The molecule has 1 N–H and O–H groups in total. The van der Waals surface area contributed by atoms with Gasteiger partial charge in [0.05, 0.1) is 0 Å². The Kier molecular flexibility index (Phi) is 4.50. The molecule has 0 spiro atoms. The van der Waals surface area contributed by atoms with Gasteiger partial charge in [-0.05, 0) is 38.4 Å². The number of piperazine rings is 1. The molecule has 2 rings (SSSR count). The minimum absolute atomic E-state index is 0.151. The van der Waals surface area contributed by atoms with Gasteiger partial charge in [-0.25, -0.2) is 4.39 Å². The number of nitrogens with one attached hydrogen (secondary N) is 1. The van der Waals surface area contributed by atoms with E-state index in [0.29, 0.717) is 18.2 Å². The summed E-state index contributed by atoms with van der Waals surface area (Å²) in [6.07, 6.45) is 0. The molecule has 1 unspecified atom stereocenters. The Morgan fingerprint density at radius 2 is 2.00 bits per heavy atom. The van der Waals surface area contributed by atoms with Crippen molar-refractivity contribution in [3.8, 4) is 0 Å². The minimum Gasteiger partial charge on any atom is -0.350 e. The van der Waals surface area contributed by atoms with Crippen molar-refractivity contribution in [3.63, 3.8) is 0 Å². The fourth-order valence-corrected chi connectivity index (χ4v) is 2.24. The van der Waals surface area contributed by atoms with Gasteiger partial charge >= 0.3 is 0 Å². The number of amides is 1. The number of nitrogens with zero attached hydrogens (tertiary/aromatic N) is 2. The SMILES string of the molecule is CN1CCN(C)C(CNC(=O)c2ccc(F)cc2)C1. The fourth-order valence-electron chi connectivity index (χ4n) is 2.24. The molecular weight excluding hydrogens is 245 g/mol. The van der Waals surface area contributed by atoms with E-state index in [1.807, 2.05) is 0 Å². The number of rotatable bonds is 3. The van der Waals surface area contributed by atoms with Crippen molar-refractivity contribution in [2.45, 2.75) is 6.04 Å². The number of hydrogen-bond acceptors (Lipinski definition) is 3. The van der Waals surface area contributed by atoms with E-state index >= 15 is 0 Å². The van der Waals surface area contributed by atoms with E-state index in [1.54, 1.807) is 0 Å². The van der Waals surface area contributed by atoms with E-state index in [9.17, 15) is 9.18 Å². The normalized spacial score (nSPS) is 21.3. The maximum Gasteiger partial charge on any atom is 0.251 e. The molecule has 0 radical (unpaired) electrons. The Labute approximate surface area is 113 Å². The van der Waals surface area contributed by atoms with Gasteiger partial charge in [-0.3, -0.25) is 9.69 Å². The van der Waals surface area contributed by atoms with Gasteiger partial charge in [0.15, 0.2) is 0 Å². The van der Waals surface area contributed by atoms with E-state index < -0.39 is 0 Å². The van der Waals surface area contributed by atoms with Gasteiger partial charge in [0, 0.05) is 37.8 Å². The number of carbonyl (C=O) groups is 1. The molecule has 1 aromatic rings. The lowest BCUT2D eigenvalue weighted by Crippen LogP contribution is -2.54. The first kappa shape index (κ1) is 14.0. The maximum atomic E-state index is 12.8. The summed E-state index contributed by atoms with van der Waals surface area (Å²) in [5.74, 6) is -0.480. The average molecular weight is 265 g/mol. The zero-order chi connectivity index (χ0) is 13.8. The molecule has 5 heteroatoms. The third-order valence-corrected chi connectivity index (χ3v) is 3.58. The second-order valence-electron chi connectivity index (χ2n) is 5.11. The van der Waals surface area contributed by atoms with E-state index in [2.05, 4.69) is 29.2 Å². The third kappa shape index (κ3) is 3.75. The molecule has 1 heterocycles. The minimum atomic E-state index is -0.329. The summed E-state index contributed by atoms with van der Waals surface area (Å²) < 4.78 is 12.8. The molecule has 1 atom stereocenters. The van der Waals surface area contributed by atoms with Crippen LogP contribution in [0.25, 0.3) is 0 Å². The van der Waals surface area contributed by atoms with E-state index in [0.717, 1.165) is 19.6 Å². The van der Waals surface area contributed by atoms with Gasteiger partial charge in [-0.15, -0.1) is 0 Å². The Bertz CT molecular complexity index is 435. The maximum absolute atomic E-state index is 12.8. The molecule has 4 nitrogen and oxygen atoms in total. The summed E-state index contributed by atoms with van der Waals surface area (Å²) in [4.78, 5) is 16.4. The molecular formula is C14H20FN3O. The number of halogens is 1. The molecule has 0 saturated carbocycles. The van der Waals surface area contributed by atoms with Gasteiger partial charge in [-0.1, -0.05) is 0 Å². The van der Waals surface area contributed by atoms with Gasteiger partial charge < -0.3 is 10.2 Å². The number of benzene rings is 1. The van der Waals surface area contributed by atoms with Crippen LogP contribution < -0.4 is 5.32 Å². The fraction of sp³-hybridized carbons (Fsp3) is 0.500. The molecule has 1 aliphatic heterocycles. The van der Waals surface area contributed by atoms with Crippen LogP contribution in [-0.4, -0.2) is 62.0 Å². The molecule has 104 valence electrons. The summed E-state index contributed by atoms with van der Waals surface area (Å²) in [6, 6.07) is 5.93.